The first-order chi connectivity index (χ1) is 9.00. The Hall–Kier alpha value is -0.170. The van der Waals surface area contributed by atoms with Gasteiger partial charge in [0.15, 0.2) is 9.84 Å². The first-order valence-corrected chi connectivity index (χ1v) is 9.63. The molecule has 1 unspecified atom stereocenters. The summed E-state index contributed by atoms with van der Waals surface area (Å²) >= 11 is 7.36. The summed E-state index contributed by atoms with van der Waals surface area (Å²) in [6.07, 6.45) is 2.71. The third-order valence-electron chi connectivity index (χ3n) is 3.47. The molecule has 0 bridgehead atoms. The van der Waals surface area contributed by atoms with Gasteiger partial charge in [-0.3, -0.25) is 0 Å². The highest BCUT2D eigenvalue weighted by Crippen LogP contribution is 2.18. The molecule has 1 saturated heterocycles. The molecule has 2 heterocycles. The molecule has 0 aliphatic carbocycles. The van der Waals surface area contributed by atoms with Crippen LogP contribution in [0.5, 0.6) is 0 Å². The fraction of sp³-hybridized carbons (Fsp3) is 0.750. The number of sulfone groups is 1. The molecule has 1 aliphatic heterocycles. The number of alkyl halides is 1. The lowest BCUT2D eigenvalue weighted by molar-refractivity contribution is 0.259. The quantitative estimate of drug-likeness (QED) is 0.751. The van der Waals surface area contributed by atoms with E-state index in [0.717, 1.165) is 36.5 Å². The highest BCUT2D eigenvalue weighted by molar-refractivity contribution is 7.91. The van der Waals surface area contributed by atoms with E-state index in [0.29, 0.717) is 17.4 Å². The Labute approximate surface area is 123 Å². The van der Waals surface area contributed by atoms with Crippen LogP contribution in [0.25, 0.3) is 0 Å². The van der Waals surface area contributed by atoms with Crippen LogP contribution in [0, 0.1) is 0 Å². The van der Waals surface area contributed by atoms with Gasteiger partial charge in [-0.2, -0.15) is 0 Å². The lowest BCUT2D eigenvalue weighted by Crippen LogP contribution is -2.33. The fourth-order valence-electron chi connectivity index (χ4n) is 2.31. The Bertz CT molecular complexity index is 516. The summed E-state index contributed by atoms with van der Waals surface area (Å²) in [6.45, 7) is 0.913. The summed E-state index contributed by atoms with van der Waals surface area (Å²) in [4.78, 5) is 6.59. The minimum absolute atomic E-state index is 0.194. The third-order valence-corrected chi connectivity index (χ3v) is 6.45. The van der Waals surface area contributed by atoms with Crippen molar-refractivity contribution in [2.45, 2.75) is 31.2 Å². The summed E-state index contributed by atoms with van der Waals surface area (Å²) in [5, 5.41) is 3.11. The number of aryl methyl sites for hydroxylation is 1. The van der Waals surface area contributed by atoms with Crippen LogP contribution in [-0.2, 0) is 22.1 Å². The van der Waals surface area contributed by atoms with Gasteiger partial charge >= 0.3 is 0 Å². The van der Waals surface area contributed by atoms with Crippen molar-refractivity contribution in [3.8, 4) is 0 Å². The predicted octanol–water partition coefficient (Wildman–Crippen LogP) is 1.93. The van der Waals surface area contributed by atoms with Crippen molar-refractivity contribution in [1.29, 1.82) is 0 Å². The van der Waals surface area contributed by atoms with Crippen LogP contribution < -0.4 is 0 Å². The summed E-state index contributed by atoms with van der Waals surface area (Å²) in [5.74, 6) is 1.13. The molecule has 0 spiro atoms. The minimum atomic E-state index is -2.78. The second kappa shape index (κ2) is 6.52. The monoisotopic (exact) mass is 322 g/mol. The van der Waals surface area contributed by atoms with Gasteiger partial charge in [0, 0.05) is 17.8 Å². The van der Waals surface area contributed by atoms with Crippen molar-refractivity contribution in [3.05, 3.63) is 16.1 Å². The molecule has 0 saturated carbocycles. The average molecular weight is 323 g/mol. The third kappa shape index (κ3) is 4.41. The molecule has 1 aromatic rings. The van der Waals surface area contributed by atoms with E-state index in [4.69, 9.17) is 11.6 Å². The minimum Gasteiger partial charge on any atom is -0.302 e. The first-order valence-electron chi connectivity index (χ1n) is 6.40. The molecule has 1 atom stereocenters. The van der Waals surface area contributed by atoms with E-state index >= 15 is 0 Å². The van der Waals surface area contributed by atoms with Gasteiger partial charge in [-0.05, 0) is 26.4 Å². The van der Waals surface area contributed by atoms with Gasteiger partial charge in [-0.25, -0.2) is 13.4 Å². The topological polar surface area (TPSA) is 50.3 Å². The molecule has 0 radical (unpaired) electrons. The van der Waals surface area contributed by atoms with Crippen molar-refractivity contribution < 1.29 is 8.42 Å². The van der Waals surface area contributed by atoms with E-state index in [-0.39, 0.29) is 6.04 Å². The summed E-state index contributed by atoms with van der Waals surface area (Å²) < 4.78 is 22.9. The van der Waals surface area contributed by atoms with Gasteiger partial charge in [0.05, 0.1) is 28.1 Å². The molecule has 0 N–H and O–H groups in total. The lowest BCUT2D eigenvalue weighted by atomic mass is 10.2. The van der Waals surface area contributed by atoms with Gasteiger partial charge in [-0.1, -0.05) is 0 Å². The zero-order valence-electron chi connectivity index (χ0n) is 11.0. The molecule has 0 amide bonds. The molecule has 19 heavy (non-hydrogen) atoms. The van der Waals surface area contributed by atoms with Crippen LogP contribution in [-0.4, -0.2) is 49.4 Å². The molecule has 7 heteroatoms. The van der Waals surface area contributed by atoms with Crippen molar-refractivity contribution in [2.75, 3.05) is 25.1 Å². The second-order valence-corrected chi connectivity index (χ2v) is 8.45. The summed E-state index contributed by atoms with van der Waals surface area (Å²) in [6, 6.07) is 0.194. The highest BCUT2D eigenvalue weighted by Gasteiger charge is 2.30. The Morgan fingerprint density at radius 1 is 1.58 bits per heavy atom. The smallest absolute Gasteiger partial charge is 0.151 e. The van der Waals surface area contributed by atoms with E-state index in [1.807, 2.05) is 12.4 Å². The van der Waals surface area contributed by atoms with Crippen molar-refractivity contribution in [2.24, 2.45) is 0 Å². The van der Waals surface area contributed by atoms with E-state index in [1.54, 1.807) is 11.3 Å². The largest absolute Gasteiger partial charge is 0.302 e. The van der Waals surface area contributed by atoms with Gasteiger partial charge in [0.2, 0.25) is 0 Å². The molecule has 4 nitrogen and oxygen atoms in total. The lowest BCUT2D eigenvalue weighted by Gasteiger charge is -2.22. The zero-order chi connectivity index (χ0) is 13.9. The maximum Gasteiger partial charge on any atom is 0.151 e. The maximum atomic E-state index is 11.4. The molecule has 108 valence electrons. The number of thiazole rings is 1. The molecular formula is C12H19ClN2O2S2. The summed E-state index contributed by atoms with van der Waals surface area (Å²) in [5.41, 5.74) is 0.942. The molecule has 1 aliphatic rings. The van der Waals surface area contributed by atoms with Crippen LogP contribution in [0.4, 0.5) is 0 Å². The van der Waals surface area contributed by atoms with E-state index in [9.17, 15) is 8.42 Å². The van der Waals surface area contributed by atoms with Gasteiger partial charge in [0.25, 0.3) is 0 Å². The van der Waals surface area contributed by atoms with Crippen molar-refractivity contribution >= 4 is 32.8 Å². The van der Waals surface area contributed by atoms with Gasteiger partial charge < -0.3 is 4.90 Å². The number of hydrogen-bond donors (Lipinski definition) is 0. The molecule has 0 aromatic carbocycles. The molecule has 1 aromatic heterocycles. The van der Waals surface area contributed by atoms with Crippen LogP contribution in [0.2, 0.25) is 0 Å². The summed E-state index contributed by atoms with van der Waals surface area (Å²) in [7, 11) is -0.773. The van der Waals surface area contributed by atoms with Crippen LogP contribution in [0.1, 0.15) is 23.5 Å². The van der Waals surface area contributed by atoms with Gasteiger partial charge in [0.1, 0.15) is 0 Å². The number of nitrogens with zero attached hydrogens (tertiary/aromatic N) is 2. The Balaban J connectivity index is 1.73. The van der Waals surface area contributed by atoms with Crippen LogP contribution >= 0.6 is 22.9 Å². The zero-order valence-corrected chi connectivity index (χ0v) is 13.4. The van der Waals surface area contributed by atoms with Crippen molar-refractivity contribution in [1.82, 2.24) is 9.88 Å². The SMILES string of the molecule is CN(CCCc1nc(CCl)cs1)C1CCS(=O)(=O)C1. The number of rotatable bonds is 6. The molecular weight excluding hydrogens is 304 g/mol. The Kier molecular flexibility index (Phi) is 5.22. The van der Waals surface area contributed by atoms with Crippen LogP contribution in [0.15, 0.2) is 5.38 Å². The Morgan fingerprint density at radius 2 is 2.37 bits per heavy atom. The van der Waals surface area contributed by atoms with E-state index in [2.05, 4.69) is 9.88 Å². The maximum absolute atomic E-state index is 11.4. The van der Waals surface area contributed by atoms with E-state index in [1.165, 1.54) is 0 Å². The first kappa shape index (κ1) is 15.2. The average Bonchev–Trinajstić information content (AvgIpc) is 2.95. The second-order valence-electron chi connectivity index (χ2n) is 5.01. The number of halogens is 1. The predicted molar refractivity (Wildman–Crippen MR) is 79.7 cm³/mol. The number of hydrogen-bond acceptors (Lipinski definition) is 5. The van der Waals surface area contributed by atoms with E-state index < -0.39 is 9.84 Å². The standard InChI is InChI=1S/C12H19ClN2O2S2/c1-15(11-4-6-19(16,17)9-11)5-2-3-12-14-10(7-13)8-18-12/h8,11H,2-7,9H2,1H3. The fourth-order valence-corrected chi connectivity index (χ4v) is 5.18. The van der Waals surface area contributed by atoms with Gasteiger partial charge in [-0.15, -0.1) is 22.9 Å². The highest BCUT2D eigenvalue weighted by atomic mass is 35.5. The Morgan fingerprint density at radius 3 is 2.95 bits per heavy atom. The van der Waals surface area contributed by atoms with Crippen LogP contribution in [0.3, 0.4) is 0 Å². The molecule has 2 rings (SSSR count). The van der Waals surface area contributed by atoms with Crippen molar-refractivity contribution in [3.63, 3.8) is 0 Å². The number of aromatic nitrogens is 1. The normalized spacial score (nSPS) is 22.2. The molecule has 1 fully saturated rings.